The van der Waals surface area contributed by atoms with Gasteiger partial charge in [-0.15, -0.1) is 0 Å². The molecule has 5 heteroatoms. The molecule has 1 N–H and O–H groups in total. The predicted molar refractivity (Wildman–Crippen MR) is 70.1 cm³/mol. The first-order valence-electron chi connectivity index (χ1n) is 6.12. The summed E-state index contributed by atoms with van der Waals surface area (Å²) in [6, 6.07) is 7.58. The third kappa shape index (κ3) is 3.12. The van der Waals surface area contributed by atoms with Crippen molar-refractivity contribution in [3.63, 3.8) is 0 Å². The molecule has 0 aromatic heterocycles. The SMILES string of the molecule is Cc1cccc(N2CC(C)(CC(=O)O)OCC2=O)c1. The first-order valence-corrected chi connectivity index (χ1v) is 6.12. The molecule has 2 rings (SSSR count). The Hall–Kier alpha value is -1.88. The third-order valence-electron chi connectivity index (χ3n) is 3.18. The van der Waals surface area contributed by atoms with Crippen molar-refractivity contribution in [1.29, 1.82) is 0 Å². The van der Waals surface area contributed by atoms with E-state index in [0.717, 1.165) is 11.3 Å². The average molecular weight is 263 g/mol. The van der Waals surface area contributed by atoms with Crippen molar-refractivity contribution in [3.8, 4) is 0 Å². The summed E-state index contributed by atoms with van der Waals surface area (Å²) in [7, 11) is 0. The van der Waals surface area contributed by atoms with Crippen LogP contribution in [0.1, 0.15) is 18.9 Å². The number of anilines is 1. The summed E-state index contributed by atoms with van der Waals surface area (Å²) in [6.07, 6.45) is -0.122. The molecule has 1 aromatic carbocycles. The van der Waals surface area contributed by atoms with Gasteiger partial charge in [0.05, 0.1) is 18.6 Å². The minimum Gasteiger partial charge on any atom is -0.481 e. The molecule has 1 heterocycles. The number of amides is 1. The van der Waals surface area contributed by atoms with Crippen LogP contribution in [0.25, 0.3) is 0 Å². The highest BCUT2D eigenvalue weighted by molar-refractivity contribution is 5.95. The van der Waals surface area contributed by atoms with Crippen molar-refractivity contribution in [2.75, 3.05) is 18.1 Å². The molecule has 1 unspecified atom stereocenters. The van der Waals surface area contributed by atoms with Crippen LogP contribution in [0.3, 0.4) is 0 Å². The first-order chi connectivity index (χ1) is 8.89. The number of aliphatic carboxylic acids is 1. The Morgan fingerprint density at radius 2 is 2.26 bits per heavy atom. The van der Waals surface area contributed by atoms with Gasteiger partial charge in [-0.1, -0.05) is 12.1 Å². The quantitative estimate of drug-likeness (QED) is 0.899. The topological polar surface area (TPSA) is 66.8 Å². The van der Waals surface area contributed by atoms with Crippen LogP contribution in [-0.4, -0.2) is 35.7 Å². The summed E-state index contributed by atoms with van der Waals surface area (Å²) >= 11 is 0. The van der Waals surface area contributed by atoms with Gasteiger partial charge >= 0.3 is 5.97 Å². The van der Waals surface area contributed by atoms with E-state index in [4.69, 9.17) is 9.84 Å². The number of nitrogens with zero attached hydrogens (tertiary/aromatic N) is 1. The third-order valence-corrected chi connectivity index (χ3v) is 3.18. The number of carboxylic acid groups (broad SMARTS) is 1. The van der Waals surface area contributed by atoms with Gasteiger partial charge in [0.2, 0.25) is 0 Å². The number of carbonyl (C=O) groups is 2. The van der Waals surface area contributed by atoms with Gasteiger partial charge in [0, 0.05) is 5.69 Å². The Morgan fingerprint density at radius 1 is 1.53 bits per heavy atom. The molecule has 0 spiro atoms. The number of benzene rings is 1. The summed E-state index contributed by atoms with van der Waals surface area (Å²) in [5, 5.41) is 8.91. The van der Waals surface area contributed by atoms with Crippen LogP contribution in [0, 0.1) is 6.92 Å². The Labute approximate surface area is 111 Å². The summed E-state index contributed by atoms with van der Waals surface area (Å²) < 4.78 is 5.40. The van der Waals surface area contributed by atoms with E-state index in [0.29, 0.717) is 0 Å². The Morgan fingerprint density at radius 3 is 2.89 bits per heavy atom. The number of hydrogen-bond donors (Lipinski definition) is 1. The lowest BCUT2D eigenvalue weighted by Crippen LogP contribution is -2.54. The number of morpholine rings is 1. The van der Waals surface area contributed by atoms with Crippen molar-refractivity contribution in [2.45, 2.75) is 25.9 Å². The van der Waals surface area contributed by atoms with Gasteiger partial charge in [0.15, 0.2) is 0 Å². The smallest absolute Gasteiger partial charge is 0.306 e. The van der Waals surface area contributed by atoms with Crippen molar-refractivity contribution in [2.24, 2.45) is 0 Å². The average Bonchev–Trinajstić information content (AvgIpc) is 2.31. The number of hydrogen-bond acceptors (Lipinski definition) is 3. The second-order valence-corrected chi connectivity index (χ2v) is 5.13. The number of rotatable bonds is 3. The van der Waals surface area contributed by atoms with E-state index in [1.807, 2.05) is 31.2 Å². The zero-order chi connectivity index (χ0) is 14.0. The van der Waals surface area contributed by atoms with Crippen LogP contribution in [0.5, 0.6) is 0 Å². The zero-order valence-corrected chi connectivity index (χ0v) is 11.0. The summed E-state index contributed by atoms with van der Waals surface area (Å²) in [4.78, 5) is 24.4. The van der Waals surface area contributed by atoms with Gasteiger partial charge in [-0.2, -0.15) is 0 Å². The second-order valence-electron chi connectivity index (χ2n) is 5.13. The summed E-state index contributed by atoms with van der Waals surface area (Å²) in [5.74, 6) is -1.07. The number of carboxylic acids is 1. The molecule has 0 aliphatic carbocycles. The lowest BCUT2D eigenvalue weighted by Gasteiger charge is -2.39. The fourth-order valence-electron chi connectivity index (χ4n) is 2.24. The van der Waals surface area contributed by atoms with Crippen molar-refractivity contribution in [1.82, 2.24) is 0 Å². The molecule has 1 atom stereocenters. The van der Waals surface area contributed by atoms with Crippen molar-refractivity contribution < 1.29 is 19.4 Å². The van der Waals surface area contributed by atoms with Crippen molar-refractivity contribution in [3.05, 3.63) is 29.8 Å². The normalized spacial score (nSPS) is 23.5. The monoisotopic (exact) mass is 263 g/mol. The molecule has 0 bridgehead atoms. The van der Waals surface area contributed by atoms with E-state index < -0.39 is 11.6 Å². The zero-order valence-electron chi connectivity index (χ0n) is 11.0. The molecule has 5 nitrogen and oxygen atoms in total. The van der Waals surface area contributed by atoms with Crippen LogP contribution in [0.15, 0.2) is 24.3 Å². The maximum Gasteiger partial charge on any atom is 0.306 e. The van der Waals surface area contributed by atoms with Crippen LogP contribution in [-0.2, 0) is 14.3 Å². The fourth-order valence-corrected chi connectivity index (χ4v) is 2.24. The molecule has 1 aliphatic rings. The molecule has 0 radical (unpaired) electrons. The molecule has 102 valence electrons. The summed E-state index contributed by atoms with van der Waals surface area (Å²) in [5.41, 5.74) is 0.991. The van der Waals surface area contributed by atoms with Gasteiger partial charge in [-0.25, -0.2) is 0 Å². The molecular weight excluding hydrogens is 246 g/mol. The molecule has 1 amide bonds. The van der Waals surface area contributed by atoms with E-state index >= 15 is 0 Å². The maximum atomic E-state index is 11.9. The second kappa shape index (κ2) is 5.01. The molecule has 19 heavy (non-hydrogen) atoms. The van der Waals surface area contributed by atoms with Gasteiger partial charge < -0.3 is 14.7 Å². The lowest BCUT2D eigenvalue weighted by molar-refractivity contribution is -0.151. The molecule has 1 saturated heterocycles. The molecule has 1 aliphatic heterocycles. The Balaban J connectivity index is 2.24. The fraction of sp³-hybridized carbons (Fsp3) is 0.429. The minimum absolute atomic E-state index is 0.0856. The molecule has 1 fully saturated rings. The summed E-state index contributed by atoms with van der Waals surface area (Å²) in [6.45, 7) is 3.83. The van der Waals surface area contributed by atoms with Gasteiger partial charge in [-0.05, 0) is 31.5 Å². The van der Waals surface area contributed by atoms with E-state index in [2.05, 4.69) is 0 Å². The van der Waals surface area contributed by atoms with Crippen LogP contribution < -0.4 is 4.90 Å². The van der Waals surface area contributed by atoms with Gasteiger partial charge in [0.25, 0.3) is 5.91 Å². The van der Waals surface area contributed by atoms with E-state index in [9.17, 15) is 9.59 Å². The lowest BCUT2D eigenvalue weighted by atomic mass is 9.99. The highest BCUT2D eigenvalue weighted by Gasteiger charge is 2.38. The van der Waals surface area contributed by atoms with Crippen LogP contribution in [0.2, 0.25) is 0 Å². The van der Waals surface area contributed by atoms with Crippen molar-refractivity contribution >= 4 is 17.6 Å². The Kier molecular flexibility index (Phi) is 3.57. The molecule has 1 aromatic rings. The van der Waals surface area contributed by atoms with Crippen LogP contribution in [0.4, 0.5) is 5.69 Å². The highest BCUT2D eigenvalue weighted by Crippen LogP contribution is 2.27. The van der Waals surface area contributed by atoms with Gasteiger partial charge in [0.1, 0.15) is 6.61 Å². The first kappa shape index (κ1) is 13.5. The van der Waals surface area contributed by atoms with Gasteiger partial charge in [-0.3, -0.25) is 9.59 Å². The highest BCUT2D eigenvalue weighted by atomic mass is 16.5. The minimum atomic E-state index is -0.930. The van der Waals surface area contributed by atoms with Crippen LogP contribution >= 0.6 is 0 Å². The number of aryl methyl sites for hydroxylation is 1. The Bertz CT molecular complexity index is 514. The molecular formula is C14H17NO4. The predicted octanol–water partition coefficient (Wildman–Crippen LogP) is 1.59. The number of ether oxygens (including phenoxy) is 1. The van der Waals surface area contributed by atoms with E-state index in [1.165, 1.54) is 0 Å². The maximum absolute atomic E-state index is 11.9. The van der Waals surface area contributed by atoms with E-state index in [1.54, 1.807) is 11.8 Å². The standard InChI is InChI=1S/C14H17NO4/c1-10-4-3-5-11(6-10)15-9-14(2,7-13(17)18)19-8-12(15)16/h3-6H,7-9H2,1-2H3,(H,17,18). The van der Waals surface area contributed by atoms with E-state index in [-0.39, 0.29) is 25.5 Å². The number of carbonyl (C=O) groups excluding carboxylic acids is 1. The largest absolute Gasteiger partial charge is 0.481 e. The molecule has 0 saturated carbocycles.